The number of rotatable bonds is 5. The third kappa shape index (κ3) is 3.06. The van der Waals surface area contributed by atoms with Gasteiger partial charge in [-0.3, -0.25) is 9.88 Å². The van der Waals surface area contributed by atoms with E-state index in [9.17, 15) is 0 Å². The van der Waals surface area contributed by atoms with Gasteiger partial charge in [0.2, 0.25) is 0 Å². The second kappa shape index (κ2) is 6.23. The molecule has 0 atom stereocenters. The highest BCUT2D eigenvalue weighted by Crippen LogP contribution is 2.28. The number of aromatic amines is 1. The lowest BCUT2D eigenvalue weighted by molar-refractivity contribution is -0.0237. The third-order valence-electron chi connectivity index (χ3n) is 3.97. The number of likely N-dealkylation sites (tertiary alicyclic amines) is 1. The van der Waals surface area contributed by atoms with Crippen molar-refractivity contribution < 1.29 is 4.74 Å². The average molecular weight is 330 g/mol. The van der Waals surface area contributed by atoms with Gasteiger partial charge in [-0.25, -0.2) is 9.97 Å². The summed E-state index contributed by atoms with van der Waals surface area (Å²) in [6.45, 7) is 2.82. The molecule has 3 heterocycles. The van der Waals surface area contributed by atoms with Crippen molar-refractivity contribution in [2.24, 2.45) is 0 Å². The van der Waals surface area contributed by atoms with Crippen LogP contribution in [0.2, 0.25) is 5.15 Å². The van der Waals surface area contributed by atoms with Crippen molar-refractivity contribution in [3.8, 4) is 0 Å². The molecule has 0 bridgehead atoms. The smallest absolute Gasteiger partial charge is 0.150 e. The number of imidazole rings is 1. The van der Waals surface area contributed by atoms with E-state index in [0.717, 1.165) is 35.6 Å². The summed E-state index contributed by atoms with van der Waals surface area (Å²) < 4.78 is 5.73. The van der Waals surface area contributed by atoms with Crippen molar-refractivity contribution >= 4 is 22.6 Å². The molecule has 0 aliphatic carbocycles. The van der Waals surface area contributed by atoms with E-state index < -0.39 is 0 Å². The summed E-state index contributed by atoms with van der Waals surface area (Å²) in [5, 5.41) is 0.500. The highest BCUT2D eigenvalue weighted by atomic mass is 35.5. The van der Waals surface area contributed by atoms with Crippen molar-refractivity contribution in [3.05, 3.63) is 53.3 Å². The molecule has 1 N–H and O–H groups in total. The van der Waals surface area contributed by atoms with E-state index in [1.807, 2.05) is 24.3 Å². The van der Waals surface area contributed by atoms with Crippen molar-refractivity contribution in [1.29, 1.82) is 0 Å². The summed E-state index contributed by atoms with van der Waals surface area (Å²) in [5.74, 6) is 1.19. The molecule has 1 fully saturated rings. The van der Waals surface area contributed by atoms with Crippen LogP contribution in [0.1, 0.15) is 17.4 Å². The molecule has 0 radical (unpaired) electrons. The first-order valence-corrected chi connectivity index (χ1v) is 7.87. The highest BCUT2D eigenvalue weighted by Gasteiger charge is 2.30. The maximum Gasteiger partial charge on any atom is 0.150 e. The van der Waals surface area contributed by atoms with Crippen molar-refractivity contribution in [1.82, 2.24) is 24.8 Å². The molecule has 1 aliphatic heterocycles. The first-order valence-electron chi connectivity index (χ1n) is 7.50. The Kier molecular flexibility index (Phi) is 3.95. The molecule has 0 spiro atoms. The molecule has 4 rings (SSSR count). The van der Waals surface area contributed by atoms with Gasteiger partial charge in [0.25, 0.3) is 0 Å². The molecule has 2 aromatic heterocycles. The SMILES string of the molecule is Clc1nccnc1C1CN(COCc2nc3ccccc3[nH]2)C1. The molecule has 0 amide bonds. The topological polar surface area (TPSA) is 66.9 Å². The van der Waals surface area contributed by atoms with Gasteiger partial charge in [-0.15, -0.1) is 0 Å². The number of para-hydroxylation sites is 2. The van der Waals surface area contributed by atoms with Crippen LogP contribution in [0.15, 0.2) is 36.7 Å². The number of nitrogens with one attached hydrogen (secondary N) is 1. The molecule has 1 saturated heterocycles. The fraction of sp³-hybridized carbons (Fsp3) is 0.312. The number of halogens is 1. The molecule has 118 valence electrons. The minimum absolute atomic E-state index is 0.339. The van der Waals surface area contributed by atoms with Gasteiger partial charge in [0.05, 0.1) is 23.5 Å². The number of benzene rings is 1. The minimum Gasteiger partial charge on any atom is -0.358 e. The zero-order valence-electron chi connectivity index (χ0n) is 12.4. The van der Waals surface area contributed by atoms with Crippen molar-refractivity contribution in [3.63, 3.8) is 0 Å². The lowest BCUT2D eigenvalue weighted by atomic mass is 9.97. The quantitative estimate of drug-likeness (QED) is 0.779. The van der Waals surface area contributed by atoms with Gasteiger partial charge in [0, 0.05) is 31.4 Å². The van der Waals surface area contributed by atoms with E-state index in [1.54, 1.807) is 12.4 Å². The molecule has 3 aromatic rings. The normalized spacial score (nSPS) is 15.9. The summed E-state index contributed by atoms with van der Waals surface area (Å²) in [6.07, 6.45) is 3.29. The number of H-pyrrole nitrogens is 1. The van der Waals surface area contributed by atoms with E-state index >= 15 is 0 Å². The fourth-order valence-corrected chi connectivity index (χ4v) is 3.06. The zero-order chi connectivity index (χ0) is 15.6. The lowest BCUT2D eigenvalue weighted by Crippen LogP contribution is -2.46. The average Bonchev–Trinajstić information content (AvgIpc) is 2.93. The van der Waals surface area contributed by atoms with E-state index in [1.165, 1.54) is 0 Å². The number of nitrogens with zero attached hydrogens (tertiary/aromatic N) is 4. The van der Waals surface area contributed by atoms with Crippen LogP contribution in [0, 0.1) is 0 Å². The van der Waals surface area contributed by atoms with Crippen molar-refractivity contribution in [2.45, 2.75) is 12.5 Å². The van der Waals surface area contributed by atoms with E-state index in [-0.39, 0.29) is 0 Å². The number of hydrogen-bond donors (Lipinski definition) is 1. The van der Waals surface area contributed by atoms with Crippen LogP contribution in [-0.4, -0.2) is 44.7 Å². The molecular weight excluding hydrogens is 314 g/mol. The zero-order valence-corrected chi connectivity index (χ0v) is 13.2. The molecule has 0 saturated carbocycles. The second-order valence-corrected chi connectivity index (χ2v) is 6.00. The molecule has 6 nitrogen and oxygen atoms in total. The Labute approximate surface area is 138 Å². The largest absolute Gasteiger partial charge is 0.358 e. The Morgan fingerprint density at radius 1 is 1.22 bits per heavy atom. The number of hydrogen-bond acceptors (Lipinski definition) is 5. The van der Waals surface area contributed by atoms with Gasteiger partial charge in [-0.1, -0.05) is 23.7 Å². The van der Waals surface area contributed by atoms with Crippen LogP contribution in [0.4, 0.5) is 0 Å². The van der Waals surface area contributed by atoms with Crippen molar-refractivity contribution in [2.75, 3.05) is 19.8 Å². The monoisotopic (exact) mass is 329 g/mol. The van der Waals surface area contributed by atoms with E-state index in [4.69, 9.17) is 16.3 Å². The summed E-state index contributed by atoms with van der Waals surface area (Å²) in [5.41, 5.74) is 2.88. The van der Waals surface area contributed by atoms with Gasteiger partial charge >= 0.3 is 0 Å². The van der Waals surface area contributed by atoms with Gasteiger partial charge in [0.15, 0.2) is 5.15 Å². The fourth-order valence-electron chi connectivity index (χ4n) is 2.80. The standard InChI is InChI=1S/C16H16ClN5O/c17-16-15(18-5-6-19-16)11-7-22(8-11)10-23-9-14-20-12-3-1-2-4-13(12)21-14/h1-6,11H,7-10H2,(H,20,21). The van der Waals surface area contributed by atoms with Crippen LogP contribution >= 0.6 is 11.6 Å². The predicted molar refractivity (Wildman–Crippen MR) is 87.1 cm³/mol. The highest BCUT2D eigenvalue weighted by molar-refractivity contribution is 6.30. The van der Waals surface area contributed by atoms with Crippen LogP contribution < -0.4 is 0 Å². The summed E-state index contributed by atoms with van der Waals surface area (Å²) in [7, 11) is 0. The van der Waals surface area contributed by atoms with Gasteiger partial charge in [0.1, 0.15) is 12.4 Å². The Hall–Kier alpha value is -2.02. The Balaban J connectivity index is 1.26. The molecule has 1 aliphatic rings. The van der Waals surface area contributed by atoms with Crippen LogP contribution in [-0.2, 0) is 11.3 Å². The Morgan fingerprint density at radius 3 is 2.87 bits per heavy atom. The first-order chi connectivity index (χ1) is 11.3. The number of aromatic nitrogens is 4. The van der Waals surface area contributed by atoms with Crippen LogP contribution in [0.25, 0.3) is 11.0 Å². The van der Waals surface area contributed by atoms with E-state index in [2.05, 4.69) is 24.8 Å². The Morgan fingerprint density at radius 2 is 2.04 bits per heavy atom. The van der Waals surface area contributed by atoms with Crippen LogP contribution in [0.3, 0.4) is 0 Å². The first kappa shape index (κ1) is 14.6. The number of ether oxygens (including phenoxy) is 1. The molecule has 23 heavy (non-hydrogen) atoms. The summed E-state index contributed by atoms with van der Waals surface area (Å²) in [6, 6.07) is 7.96. The predicted octanol–water partition coefficient (Wildman–Crippen LogP) is 2.58. The van der Waals surface area contributed by atoms with Gasteiger partial charge < -0.3 is 9.72 Å². The maximum absolute atomic E-state index is 6.07. The van der Waals surface area contributed by atoms with Gasteiger partial charge in [-0.05, 0) is 12.1 Å². The summed E-state index contributed by atoms with van der Waals surface area (Å²) in [4.78, 5) is 18.3. The molecule has 1 aromatic carbocycles. The maximum atomic E-state index is 6.07. The lowest BCUT2D eigenvalue weighted by Gasteiger charge is -2.38. The molecule has 7 heteroatoms. The Bertz CT molecular complexity index is 782. The van der Waals surface area contributed by atoms with Crippen LogP contribution in [0.5, 0.6) is 0 Å². The van der Waals surface area contributed by atoms with E-state index in [0.29, 0.717) is 24.4 Å². The summed E-state index contributed by atoms with van der Waals surface area (Å²) >= 11 is 6.07. The third-order valence-corrected chi connectivity index (χ3v) is 4.27. The second-order valence-electron chi connectivity index (χ2n) is 5.64. The van der Waals surface area contributed by atoms with Gasteiger partial charge in [-0.2, -0.15) is 0 Å². The molecular formula is C16H16ClN5O. The minimum atomic E-state index is 0.339. The number of fused-ring (bicyclic) bond motifs is 1. The molecule has 0 unspecified atom stereocenters.